The van der Waals surface area contributed by atoms with Crippen molar-refractivity contribution in [2.75, 3.05) is 25.6 Å². The minimum Gasteiger partial charge on any atom is -0.333 e. The van der Waals surface area contributed by atoms with Crippen LogP contribution < -0.4 is 5.32 Å². The topological polar surface area (TPSA) is 74.8 Å². The maximum atomic E-state index is 13.2. The molecule has 1 aliphatic rings. The Hall–Kier alpha value is -1.44. The normalized spacial score (nSPS) is 14.5. The van der Waals surface area contributed by atoms with Crippen molar-refractivity contribution in [3.8, 4) is 0 Å². The summed E-state index contributed by atoms with van der Waals surface area (Å²) in [4.78, 5) is 4.30. The van der Waals surface area contributed by atoms with E-state index in [1.165, 1.54) is 17.9 Å². The van der Waals surface area contributed by atoms with Crippen LogP contribution in [0.5, 0.6) is 0 Å². The summed E-state index contributed by atoms with van der Waals surface area (Å²) in [6, 6.07) is 4.36. The summed E-state index contributed by atoms with van der Waals surface area (Å²) < 4.78 is 18.3. The minimum absolute atomic E-state index is 0.243. The Kier molecular flexibility index (Phi) is 7.61. The Morgan fingerprint density at radius 2 is 2.19 bits per heavy atom. The Morgan fingerprint density at radius 1 is 1.46 bits per heavy atom. The van der Waals surface area contributed by atoms with E-state index in [0.29, 0.717) is 23.0 Å². The first-order valence-corrected chi connectivity index (χ1v) is 10.3. The zero-order chi connectivity index (χ0) is 19.2. The van der Waals surface area contributed by atoms with Gasteiger partial charge in [-0.25, -0.2) is 4.39 Å². The van der Waals surface area contributed by atoms with E-state index < -0.39 is 0 Å². The molecule has 0 aliphatic heterocycles. The smallest absolute Gasteiger partial charge is 0.271 e. The molecule has 2 N–H and O–H groups in total. The molecule has 26 heavy (non-hydrogen) atoms. The van der Waals surface area contributed by atoms with Crippen molar-refractivity contribution < 1.29 is 8.91 Å². The van der Waals surface area contributed by atoms with Crippen molar-refractivity contribution in [2.24, 2.45) is 0 Å². The van der Waals surface area contributed by atoms with Gasteiger partial charge in [0.15, 0.2) is 5.82 Å². The van der Waals surface area contributed by atoms with Gasteiger partial charge in [-0.3, -0.25) is 5.41 Å². The van der Waals surface area contributed by atoms with Crippen LogP contribution in [0.4, 0.5) is 4.39 Å². The highest BCUT2D eigenvalue weighted by Gasteiger charge is 2.51. The van der Waals surface area contributed by atoms with E-state index in [0.717, 1.165) is 24.9 Å². The molecule has 0 spiro atoms. The summed E-state index contributed by atoms with van der Waals surface area (Å²) in [5, 5.41) is 15.1. The van der Waals surface area contributed by atoms with Gasteiger partial charge in [-0.1, -0.05) is 29.7 Å². The average Bonchev–Trinajstić information content (AvgIpc) is 3.27. The van der Waals surface area contributed by atoms with Gasteiger partial charge < -0.3 is 9.84 Å². The van der Waals surface area contributed by atoms with Gasteiger partial charge in [-0.05, 0) is 50.3 Å². The van der Waals surface area contributed by atoms with Crippen LogP contribution in [0.25, 0.3) is 0 Å². The van der Waals surface area contributed by atoms with E-state index >= 15 is 0 Å². The van der Waals surface area contributed by atoms with E-state index in [9.17, 15) is 4.39 Å². The highest BCUT2D eigenvalue weighted by Crippen LogP contribution is 2.54. The fourth-order valence-electron chi connectivity index (χ4n) is 2.51. The molecular formula is C18H24ClFN4OS. The van der Waals surface area contributed by atoms with Crippen LogP contribution in [0.3, 0.4) is 0 Å². The molecule has 142 valence electrons. The Morgan fingerprint density at radius 3 is 2.69 bits per heavy atom. The third-order valence-electron chi connectivity index (χ3n) is 4.22. The van der Waals surface area contributed by atoms with Gasteiger partial charge in [-0.2, -0.15) is 16.7 Å². The molecular weight excluding hydrogens is 375 g/mol. The number of hydrogen-bond donors (Lipinski definition) is 2. The number of benzene rings is 1. The first kappa shape index (κ1) is 20.9. The molecule has 1 aromatic carbocycles. The highest BCUT2D eigenvalue weighted by molar-refractivity contribution is 7.98. The molecule has 0 radical (unpaired) electrons. The Balaban J connectivity index is 0.000000352. The van der Waals surface area contributed by atoms with Crippen molar-refractivity contribution in [3.63, 3.8) is 0 Å². The SMILES string of the molecule is CCC(=N)c1nc(C2(c3ccc(F)cc3Cl)CC2)no1.CNCCSC. The van der Waals surface area contributed by atoms with Crippen molar-refractivity contribution in [2.45, 2.75) is 31.6 Å². The maximum absolute atomic E-state index is 13.2. The number of thioether (sulfide) groups is 1. The molecule has 0 atom stereocenters. The van der Waals surface area contributed by atoms with Gasteiger partial charge in [-0.15, -0.1) is 0 Å². The molecule has 5 nitrogen and oxygen atoms in total. The molecule has 1 aliphatic carbocycles. The second-order valence-electron chi connectivity index (χ2n) is 6.06. The van der Waals surface area contributed by atoms with Gasteiger partial charge in [0.1, 0.15) is 5.82 Å². The van der Waals surface area contributed by atoms with Crippen molar-refractivity contribution in [1.29, 1.82) is 5.41 Å². The van der Waals surface area contributed by atoms with Crippen molar-refractivity contribution in [3.05, 3.63) is 46.3 Å². The van der Waals surface area contributed by atoms with Gasteiger partial charge in [0.25, 0.3) is 5.89 Å². The number of hydrogen-bond acceptors (Lipinski definition) is 6. The number of nitrogens with one attached hydrogen (secondary N) is 2. The van der Waals surface area contributed by atoms with Gasteiger partial charge in [0, 0.05) is 17.3 Å². The van der Waals surface area contributed by atoms with Crippen LogP contribution in [-0.4, -0.2) is 41.5 Å². The molecule has 1 fully saturated rings. The standard InChI is InChI=1S/C14H13ClFN3O.C4H11NS/c1-2-11(17)12-18-13(19-20-12)14(5-6-14)9-4-3-8(16)7-10(9)15;1-5-3-4-6-2/h3-4,7,17H,2,5-6H2,1H3;5H,3-4H2,1-2H3. The van der Waals surface area contributed by atoms with Crippen molar-refractivity contribution >= 4 is 29.1 Å². The highest BCUT2D eigenvalue weighted by atomic mass is 35.5. The van der Waals surface area contributed by atoms with Crippen molar-refractivity contribution in [1.82, 2.24) is 15.5 Å². The zero-order valence-electron chi connectivity index (χ0n) is 15.2. The molecule has 1 aromatic heterocycles. The van der Waals surface area contributed by atoms with Gasteiger partial charge in [0.2, 0.25) is 0 Å². The quantitative estimate of drug-likeness (QED) is 0.537. The lowest BCUT2D eigenvalue weighted by atomic mass is 9.95. The minimum atomic E-state index is -0.388. The Bertz CT molecular complexity index is 745. The number of nitrogens with zero attached hydrogens (tertiary/aromatic N) is 2. The summed E-state index contributed by atoms with van der Waals surface area (Å²) in [6.45, 7) is 2.98. The maximum Gasteiger partial charge on any atom is 0.271 e. The third-order valence-corrected chi connectivity index (χ3v) is 5.14. The second-order valence-corrected chi connectivity index (χ2v) is 7.45. The summed E-state index contributed by atoms with van der Waals surface area (Å²) in [7, 11) is 1.97. The van der Waals surface area contributed by atoms with Crippen LogP contribution in [0.1, 0.15) is 43.5 Å². The molecule has 0 amide bonds. The fourth-order valence-corrected chi connectivity index (χ4v) is 3.27. The van der Waals surface area contributed by atoms with Crippen LogP contribution in [-0.2, 0) is 5.41 Å². The summed E-state index contributed by atoms with van der Waals surface area (Å²) in [6.07, 6.45) is 4.33. The average molecular weight is 399 g/mol. The molecule has 0 bridgehead atoms. The molecule has 2 aromatic rings. The summed E-state index contributed by atoms with van der Waals surface area (Å²) in [5.41, 5.74) is 0.737. The predicted octanol–water partition coefficient (Wildman–Crippen LogP) is 4.29. The molecule has 0 saturated heterocycles. The first-order chi connectivity index (χ1) is 12.5. The predicted molar refractivity (Wildman–Crippen MR) is 105 cm³/mol. The van der Waals surface area contributed by atoms with Gasteiger partial charge >= 0.3 is 0 Å². The third kappa shape index (κ3) is 4.84. The first-order valence-electron chi connectivity index (χ1n) is 8.49. The molecule has 3 rings (SSSR count). The van der Waals surface area contributed by atoms with E-state index in [1.807, 2.05) is 25.7 Å². The second kappa shape index (κ2) is 9.48. The Labute approximate surface area is 162 Å². The fraction of sp³-hybridized carbons (Fsp3) is 0.500. The summed E-state index contributed by atoms with van der Waals surface area (Å²) in [5.74, 6) is 1.62. The van der Waals surface area contributed by atoms with Gasteiger partial charge in [0.05, 0.1) is 11.1 Å². The lowest BCUT2D eigenvalue weighted by Gasteiger charge is -2.12. The monoisotopic (exact) mass is 398 g/mol. The van der Waals surface area contributed by atoms with Crippen LogP contribution in [0.15, 0.2) is 22.7 Å². The summed E-state index contributed by atoms with van der Waals surface area (Å²) >= 11 is 8.00. The van der Waals surface area contributed by atoms with Crippen LogP contribution in [0, 0.1) is 11.2 Å². The van der Waals surface area contributed by atoms with E-state index in [-0.39, 0.29) is 17.1 Å². The van der Waals surface area contributed by atoms with Crippen LogP contribution >= 0.6 is 23.4 Å². The van der Waals surface area contributed by atoms with E-state index in [4.69, 9.17) is 21.5 Å². The number of halogens is 2. The lowest BCUT2D eigenvalue weighted by Crippen LogP contribution is -2.12. The molecule has 8 heteroatoms. The van der Waals surface area contributed by atoms with Crippen LogP contribution in [0.2, 0.25) is 5.02 Å². The largest absolute Gasteiger partial charge is 0.333 e. The number of rotatable bonds is 7. The van der Waals surface area contributed by atoms with E-state index in [1.54, 1.807) is 6.07 Å². The number of aromatic nitrogens is 2. The lowest BCUT2D eigenvalue weighted by molar-refractivity contribution is 0.398. The molecule has 1 heterocycles. The zero-order valence-corrected chi connectivity index (χ0v) is 16.8. The molecule has 1 saturated carbocycles. The molecule has 0 unspecified atom stereocenters. The van der Waals surface area contributed by atoms with E-state index in [2.05, 4.69) is 21.7 Å².